The van der Waals surface area contributed by atoms with Crippen molar-refractivity contribution in [1.82, 2.24) is 0 Å². The smallest absolute Gasteiger partial charge is 0.326 e. The van der Waals surface area contributed by atoms with Crippen LogP contribution < -0.4 is 0 Å². The summed E-state index contributed by atoms with van der Waals surface area (Å²) < 4.78 is 4.48. The molecule has 5 heteroatoms. The molecule has 5 nitrogen and oxygen atoms in total. The molecular weight excluding hydrogens is 212 g/mol. The lowest BCUT2D eigenvalue weighted by molar-refractivity contribution is -0.161. The van der Waals surface area contributed by atoms with Crippen LogP contribution in [0.15, 0.2) is 0 Å². The second-order valence-electron chi connectivity index (χ2n) is 3.71. The van der Waals surface area contributed by atoms with Gasteiger partial charge in [-0.15, -0.1) is 0 Å². The highest BCUT2D eigenvalue weighted by molar-refractivity contribution is 6.21. The number of hydrogen-bond acceptors (Lipinski definition) is 5. The first kappa shape index (κ1) is 14.5. The summed E-state index contributed by atoms with van der Waals surface area (Å²) in [5.74, 6) is -2.26. The largest absolute Gasteiger partial charge is 0.468 e. The van der Waals surface area contributed by atoms with Gasteiger partial charge in [0, 0.05) is 6.42 Å². The van der Waals surface area contributed by atoms with Gasteiger partial charge in [-0.05, 0) is 27.2 Å². The summed E-state index contributed by atoms with van der Waals surface area (Å²) in [6.45, 7) is 3.64. The summed E-state index contributed by atoms with van der Waals surface area (Å²) >= 11 is 0. The summed E-state index contributed by atoms with van der Waals surface area (Å²) in [5, 5.41) is 0. The average molecular weight is 228 g/mol. The molecule has 0 aliphatic rings. The van der Waals surface area contributed by atoms with Gasteiger partial charge in [0.1, 0.15) is 5.78 Å². The number of carbonyl (C=O) groups is 4. The summed E-state index contributed by atoms with van der Waals surface area (Å²) in [6, 6.07) is 0. The molecule has 0 rings (SSSR count). The van der Waals surface area contributed by atoms with Crippen LogP contribution in [0.4, 0.5) is 0 Å². The zero-order valence-corrected chi connectivity index (χ0v) is 9.96. The number of esters is 1. The minimum Gasteiger partial charge on any atom is -0.468 e. The predicted octanol–water partition coefficient (Wildman–Crippen LogP) is 0.693. The molecule has 0 aromatic heterocycles. The molecule has 0 fully saturated rings. The van der Waals surface area contributed by atoms with E-state index in [2.05, 4.69) is 4.74 Å². The third kappa shape index (κ3) is 2.74. The number of Topliss-reactive ketones (excluding diaryl/α,β-unsaturated/α-hetero) is 3. The Bertz CT molecular complexity index is 315. The Kier molecular flexibility index (Phi) is 5.01. The van der Waals surface area contributed by atoms with E-state index >= 15 is 0 Å². The molecule has 0 N–H and O–H groups in total. The number of rotatable bonds is 6. The van der Waals surface area contributed by atoms with Crippen molar-refractivity contribution < 1.29 is 23.9 Å². The minimum atomic E-state index is -1.82. The standard InChI is InChI=1S/C11H16O5/c1-7(12)5-6-11(8(2)13,9(3)14)10(15)16-4/h5-6H2,1-4H3. The van der Waals surface area contributed by atoms with E-state index in [1.807, 2.05) is 0 Å². The molecule has 0 bridgehead atoms. The van der Waals surface area contributed by atoms with Crippen molar-refractivity contribution in [2.45, 2.75) is 33.6 Å². The fourth-order valence-electron chi connectivity index (χ4n) is 1.53. The monoisotopic (exact) mass is 228 g/mol. The first-order valence-electron chi connectivity index (χ1n) is 4.89. The lowest BCUT2D eigenvalue weighted by Crippen LogP contribution is -2.45. The molecule has 0 radical (unpaired) electrons. The van der Waals surface area contributed by atoms with E-state index in [1.54, 1.807) is 0 Å². The highest BCUT2D eigenvalue weighted by atomic mass is 16.5. The predicted molar refractivity (Wildman–Crippen MR) is 55.7 cm³/mol. The van der Waals surface area contributed by atoms with Crippen LogP contribution in [0.5, 0.6) is 0 Å². The van der Waals surface area contributed by atoms with Crippen molar-refractivity contribution in [2.75, 3.05) is 7.11 Å². The van der Waals surface area contributed by atoms with Crippen LogP contribution in [-0.2, 0) is 23.9 Å². The third-order valence-corrected chi connectivity index (χ3v) is 2.59. The van der Waals surface area contributed by atoms with Gasteiger partial charge in [0.15, 0.2) is 17.0 Å². The lowest BCUT2D eigenvalue weighted by atomic mass is 9.76. The van der Waals surface area contributed by atoms with Crippen molar-refractivity contribution in [2.24, 2.45) is 5.41 Å². The Morgan fingerprint density at radius 2 is 1.44 bits per heavy atom. The van der Waals surface area contributed by atoms with Crippen LogP contribution in [0, 0.1) is 5.41 Å². The molecule has 0 unspecified atom stereocenters. The van der Waals surface area contributed by atoms with Gasteiger partial charge in [0.2, 0.25) is 0 Å². The zero-order chi connectivity index (χ0) is 12.9. The molecule has 0 saturated heterocycles. The third-order valence-electron chi connectivity index (χ3n) is 2.59. The molecule has 0 spiro atoms. The van der Waals surface area contributed by atoms with Crippen molar-refractivity contribution in [3.05, 3.63) is 0 Å². The molecule has 0 atom stereocenters. The highest BCUT2D eigenvalue weighted by Crippen LogP contribution is 2.28. The van der Waals surface area contributed by atoms with Crippen molar-refractivity contribution in [3.63, 3.8) is 0 Å². The van der Waals surface area contributed by atoms with Crippen LogP contribution in [0.3, 0.4) is 0 Å². The second-order valence-corrected chi connectivity index (χ2v) is 3.71. The maximum absolute atomic E-state index is 11.6. The quantitative estimate of drug-likeness (QED) is 0.493. The average Bonchev–Trinajstić information content (AvgIpc) is 2.16. The van der Waals surface area contributed by atoms with E-state index in [1.165, 1.54) is 6.92 Å². The molecule has 0 amide bonds. The Balaban J connectivity index is 5.27. The van der Waals surface area contributed by atoms with E-state index in [4.69, 9.17) is 0 Å². The first-order valence-corrected chi connectivity index (χ1v) is 4.89. The molecular formula is C11H16O5. The van der Waals surface area contributed by atoms with Gasteiger partial charge in [0.05, 0.1) is 7.11 Å². The Morgan fingerprint density at radius 3 is 1.69 bits per heavy atom. The molecule has 0 aliphatic carbocycles. The van der Waals surface area contributed by atoms with Crippen molar-refractivity contribution in [3.8, 4) is 0 Å². The molecule has 90 valence electrons. The Labute approximate surface area is 94.1 Å². The number of methoxy groups -OCH3 is 1. The summed E-state index contributed by atoms with van der Waals surface area (Å²) in [6.07, 6.45) is -0.131. The first-order chi connectivity index (χ1) is 7.28. The van der Waals surface area contributed by atoms with E-state index in [0.29, 0.717) is 0 Å². The molecule has 0 heterocycles. The van der Waals surface area contributed by atoms with Crippen LogP contribution in [0.2, 0.25) is 0 Å². The number of hydrogen-bond donors (Lipinski definition) is 0. The molecule has 16 heavy (non-hydrogen) atoms. The number of carbonyl (C=O) groups excluding carboxylic acids is 4. The Hall–Kier alpha value is -1.52. The van der Waals surface area contributed by atoms with Crippen molar-refractivity contribution >= 4 is 23.3 Å². The normalized spacial score (nSPS) is 10.8. The van der Waals surface area contributed by atoms with Crippen LogP contribution in [-0.4, -0.2) is 30.4 Å². The van der Waals surface area contributed by atoms with E-state index in [9.17, 15) is 19.2 Å². The van der Waals surface area contributed by atoms with Gasteiger partial charge in [-0.1, -0.05) is 0 Å². The summed E-state index contributed by atoms with van der Waals surface area (Å²) in [5.41, 5.74) is -1.82. The fourth-order valence-corrected chi connectivity index (χ4v) is 1.53. The zero-order valence-electron chi connectivity index (χ0n) is 9.96. The van der Waals surface area contributed by atoms with Crippen LogP contribution in [0.1, 0.15) is 33.6 Å². The molecule has 0 saturated carbocycles. The van der Waals surface area contributed by atoms with E-state index in [-0.39, 0.29) is 18.6 Å². The second kappa shape index (κ2) is 5.53. The molecule has 0 aromatic carbocycles. The number of ether oxygens (including phenoxy) is 1. The maximum atomic E-state index is 11.6. The van der Waals surface area contributed by atoms with Gasteiger partial charge in [0.25, 0.3) is 0 Å². The minimum absolute atomic E-state index is 0.00569. The van der Waals surface area contributed by atoms with Gasteiger partial charge < -0.3 is 9.53 Å². The van der Waals surface area contributed by atoms with Crippen molar-refractivity contribution in [1.29, 1.82) is 0 Å². The van der Waals surface area contributed by atoms with E-state index in [0.717, 1.165) is 21.0 Å². The van der Waals surface area contributed by atoms with Gasteiger partial charge in [-0.25, -0.2) is 0 Å². The number of ketones is 3. The topological polar surface area (TPSA) is 77.5 Å². The Morgan fingerprint density at radius 1 is 1.00 bits per heavy atom. The van der Waals surface area contributed by atoms with Gasteiger partial charge in [-0.3, -0.25) is 14.4 Å². The summed E-state index contributed by atoms with van der Waals surface area (Å²) in [4.78, 5) is 45.4. The van der Waals surface area contributed by atoms with E-state index < -0.39 is 23.0 Å². The van der Waals surface area contributed by atoms with Gasteiger partial charge >= 0.3 is 5.97 Å². The summed E-state index contributed by atoms with van der Waals surface area (Å²) in [7, 11) is 1.11. The maximum Gasteiger partial charge on any atom is 0.326 e. The lowest BCUT2D eigenvalue weighted by Gasteiger charge is -2.24. The van der Waals surface area contributed by atoms with Crippen LogP contribution in [0.25, 0.3) is 0 Å². The van der Waals surface area contributed by atoms with Gasteiger partial charge in [-0.2, -0.15) is 0 Å². The molecule has 0 aliphatic heterocycles. The van der Waals surface area contributed by atoms with Crippen LogP contribution >= 0.6 is 0 Å². The SMILES string of the molecule is COC(=O)C(CCC(C)=O)(C(C)=O)C(C)=O. The fraction of sp³-hybridized carbons (Fsp3) is 0.636. The highest BCUT2D eigenvalue weighted by Gasteiger charge is 2.48. The molecule has 0 aromatic rings.